The first-order chi connectivity index (χ1) is 20.9. The molecule has 0 aliphatic carbocycles. The van der Waals surface area contributed by atoms with Gasteiger partial charge in [0.1, 0.15) is 5.75 Å². The fourth-order valence-corrected chi connectivity index (χ4v) is 5.92. The minimum absolute atomic E-state index is 0.0128. The number of anilines is 3. The van der Waals surface area contributed by atoms with Gasteiger partial charge in [-0.15, -0.1) is 0 Å². The fourth-order valence-electron chi connectivity index (χ4n) is 4.34. The molecule has 0 fully saturated rings. The molecule has 1 atom stereocenters. The summed E-state index contributed by atoms with van der Waals surface area (Å²) in [5.41, 5.74) is 1.55. The maximum absolute atomic E-state index is 13.5. The van der Waals surface area contributed by atoms with E-state index in [-0.39, 0.29) is 28.0 Å². The van der Waals surface area contributed by atoms with Crippen molar-refractivity contribution in [3.63, 3.8) is 0 Å². The van der Waals surface area contributed by atoms with E-state index in [0.29, 0.717) is 11.8 Å². The van der Waals surface area contributed by atoms with Crippen LogP contribution in [0.4, 0.5) is 30.2 Å². The van der Waals surface area contributed by atoms with Gasteiger partial charge in [-0.2, -0.15) is 13.2 Å². The average molecular weight is 692 g/mol. The van der Waals surface area contributed by atoms with E-state index < -0.39 is 38.7 Å². The zero-order valence-corrected chi connectivity index (χ0v) is 26.0. The van der Waals surface area contributed by atoms with Crippen molar-refractivity contribution in [3.8, 4) is 5.75 Å². The number of rotatable bonds is 13. The van der Waals surface area contributed by atoms with Crippen LogP contribution in [-0.2, 0) is 33.8 Å². The van der Waals surface area contributed by atoms with Crippen molar-refractivity contribution in [1.82, 2.24) is 0 Å². The summed E-state index contributed by atoms with van der Waals surface area (Å²) < 4.78 is 74.8. The minimum atomic E-state index is -4.78. The van der Waals surface area contributed by atoms with Gasteiger partial charge in [-0.05, 0) is 66.4 Å². The summed E-state index contributed by atoms with van der Waals surface area (Å²) in [5.74, 6) is -1.05. The van der Waals surface area contributed by atoms with E-state index in [9.17, 15) is 31.5 Å². The maximum Gasteiger partial charge on any atom is 0.417 e. The minimum Gasteiger partial charge on any atom is -0.478 e. The van der Waals surface area contributed by atoms with Crippen LogP contribution in [0, 0.1) is 0 Å². The van der Waals surface area contributed by atoms with Crippen molar-refractivity contribution < 1.29 is 36.2 Å². The summed E-state index contributed by atoms with van der Waals surface area (Å²) in [6, 6.07) is 23.2. The van der Waals surface area contributed by atoms with Gasteiger partial charge in [0.2, 0.25) is 0 Å². The van der Waals surface area contributed by atoms with E-state index in [1.54, 1.807) is 24.3 Å². The Hall–Kier alpha value is -4.03. The summed E-state index contributed by atoms with van der Waals surface area (Å²) >= 11 is 2.82. The third-order valence-electron chi connectivity index (χ3n) is 6.66. The highest BCUT2D eigenvalue weighted by Crippen LogP contribution is 2.37. The Morgan fingerprint density at radius 2 is 1.64 bits per heavy atom. The number of nitrogens with one attached hydrogen (secondary N) is 2. The molecule has 4 rings (SSSR count). The number of unbranched alkanes of at least 4 members (excludes halogenated alkanes) is 1. The van der Waals surface area contributed by atoms with Crippen molar-refractivity contribution >= 4 is 49.0 Å². The summed E-state index contributed by atoms with van der Waals surface area (Å²) in [6.45, 7) is 2.10. The Balaban J connectivity index is 1.67. The summed E-state index contributed by atoms with van der Waals surface area (Å²) in [7, 11) is -4.48. The lowest BCUT2D eigenvalue weighted by Crippen LogP contribution is -2.29. The van der Waals surface area contributed by atoms with Crippen molar-refractivity contribution in [2.45, 2.75) is 49.8 Å². The van der Waals surface area contributed by atoms with Crippen LogP contribution in [0.25, 0.3) is 0 Å². The molecule has 1 unspecified atom stereocenters. The van der Waals surface area contributed by atoms with Gasteiger partial charge < -0.3 is 15.2 Å². The van der Waals surface area contributed by atoms with E-state index in [0.717, 1.165) is 42.5 Å². The molecule has 44 heavy (non-hydrogen) atoms. The molecule has 0 radical (unpaired) electrons. The number of ether oxygens (including phenoxy) is 1. The predicted molar refractivity (Wildman–Crippen MR) is 167 cm³/mol. The van der Waals surface area contributed by atoms with E-state index in [1.165, 1.54) is 18.2 Å². The topological polar surface area (TPSA) is 105 Å². The fraction of sp³-hybridized carbons (Fsp3) is 0.219. The number of carboxylic acid groups (broad SMARTS) is 1. The molecule has 7 nitrogen and oxygen atoms in total. The van der Waals surface area contributed by atoms with Gasteiger partial charge in [0, 0.05) is 22.6 Å². The normalized spacial score (nSPS) is 12.4. The van der Waals surface area contributed by atoms with Crippen molar-refractivity contribution in [1.29, 1.82) is 0 Å². The number of aryl methyl sites for hydroxylation is 1. The molecule has 12 heteroatoms. The number of halogens is 4. The first-order valence-electron chi connectivity index (χ1n) is 13.7. The van der Waals surface area contributed by atoms with Gasteiger partial charge >= 0.3 is 12.1 Å². The molecule has 3 N–H and O–H groups in total. The monoisotopic (exact) mass is 690 g/mol. The molecule has 0 aliphatic heterocycles. The summed E-state index contributed by atoms with van der Waals surface area (Å²) in [5, 5.41) is 12.9. The second kappa shape index (κ2) is 14.2. The standard InChI is InChI=1S/C32H30BrF3N2O5S/c1-2-3-7-21-10-12-23(13-11-21)37-29-19-24(43-30(31(39)40)18-22-8-5-4-6-9-22)14-17-28(29)38-44(41,42)25-15-16-27(33)26(20-25)32(34,35)36/h4-6,8-17,19-20,30,37-38H,2-3,7,18H2,1H3,(H,39,40). The Labute approximate surface area is 262 Å². The van der Waals surface area contributed by atoms with Gasteiger partial charge in [-0.1, -0.05) is 71.7 Å². The Morgan fingerprint density at radius 3 is 2.27 bits per heavy atom. The largest absolute Gasteiger partial charge is 0.478 e. The number of carbonyl (C=O) groups is 1. The van der Waals surface area contributed by atoms with Crippen LogP contribution < -0.4 is 14.8 Å². The average Bonchev–Trinajstić information content (AvgIpc) is 2.97. The van der Waals surface area contributed by atoms with Crippen LogP contribution in [-0.4, -0.2) is 25.6 Å². The highest BCUT2D eigenvalue weighted by molar-refractivity contribution is 9.10. The van der Waals surface area contributed by atoms with E-state index >= 15 is 0 Å². The van der Waals surface area contributed by atoms with Gasteiger partial charge in [-0.25, -0.2) is 13.2 Å². The Kier molecular flexibility index (Phi) is 10.6. The molecular weight excluding hydrogens is 661 g/mol. The molecular formula is C32H30BrF3N2O5S. The van der Waals surface area contributed by atoms with Crippen LogP contribution in [0.1, 0.15) is 36.5 Å². The number of benzene rings is 4. The summed E-state index contributed by atoms with van der Waals surface area (Å²) in [6.07, 6.45) is -2.97. The molecule has 0 aromatic heterocycles. The molecule has 0 aliphatic rings. The zero-order valence-electron chi connectivity index (χ0n) is 23.6. The number of hydrogen-bond acceptors (Lipinski definition) is 5. The highest BCUT2D eigenvalue weighted by Gasteiger charge is 2.34. The SMILES string of the molecule is CCCCc1ccc(Nc2cc(OC(Cc3ccccc3)C(=O)O)ccc2NS(=O)(=O)c2ccc(Br)c(C(F)(F)F)c2)cc1. The number of aliphatic carboxylic acids is 1. The van der Waals surface area contributed by atoms with E-state index in [1.807, 2.05) is 30.3 Å². The molecule has 0 saturated heterocycles. The number of sulfonamides is 1. The predicted octanol–water partition coefficient (Wildman–Crippen LogP) is 8.43. The van der Waals surface area contributed by atoms with Gasteiger partial charge in [0.25, 0.3) is 10.0 Å². The van der Waals surface area contributed by atoms with Gasteiger partial charge in [-0.3, -0.25) is 4.72 Å². The van der Waals surface area contributed by atoms with Crippen molar-refractivity contribution in [2.24, 2.45) is 0 Å². The second-order valence-corrected chi connectivity index (χ2v) is 12.5. The Bertz CT molecular complexity index is 1700. The van der Waals surface area contributed by atoms with Crippen LogP contribution in [0.15, 0.2) is 100 Å². The second-order valence-electron chi connectivity index (χ2n) is 10.0. The maximum atomic E-state index is 13.5. The Morgan fingerprint density at radius 1 is 0.932 bits per heavy atom. The van der Waals surface area contributed by atoms with Crippen molar-refractivity contribution in [2.75, 3.05) is 10.0 Å². The number of hydrogen-bond donors (Lipinski definition) is 3. The smallest absolute Gasteiger partial charge is 0.417 e. The quantitative estimate of drug-likeness (QED) is 0.130. The third kappa shape index (κ3) is 8.76. The van der Waals surface area contributed by atoms with Crippen LogP contribution in [0.2, 0.25) is 0 Å². The summed E-state index contributed by atoms with van der Waals surface area (Å²) in [4.78, 5) is 11.4. The lowest BCUT2D eigenvalue weighted by molar-refractivity contribution is -0.145. The molecule has 0 spiro atoms. The van der Waals surface area contributed by atoms with E-state index in [2.05, 4.69) is 32.9 Å². The molecule has 0 heterocycles. The van der Waals surface area contributed by atoms with Crippen LogP contribution in [0.3, 0.4) is 0 Å². The highest BCUT2D eigenvalue weighted by atomic mass is 79.9. The van der Waals surface area contributed by atoms with Crippen LogP contribution in [0.5, 0.6) is 5.75 Å². The lowest BCUT2D eigenvalue weighted by atomic mass is 10.1. The molecule has 0 saturated carbocycles. The van der Waals surface area contributed by atoms with E-state index in [4.69, 9.17) is 4.74 Å². The first-order valence-corrected chi connectivity index (χ1v) is 16.0. The van der Waals surface area contributed by atoms with Crippen LogP contribution >= 0.6 is 15.9 Å². The van der Waals surface area contributed by atoms with Gasteiger partial charge in [0.05, 0.1) is 21.8 Å². The molecule has 4 aromatic rings. The number of carboxylic acids is 1. The van der Waals surface area contributed by atoms with Gasteiger partial charge in [0.15, 0.2) is 6.10 Å². The molecule has 0 amide bonds. The molecule has 0 bridgehead atoms. The first kappa shape index (κ1) is 32.9. The lowest BCUT2D eigenvalue weighted by Gasteiger charge is -2.19. The molecule has 4 aromatic carbocycles. The van der Waals surface area contributed by atoms with Crippen molar-refractivity contribution in [3.05, 3.63) is 112 Å². The molecule has 232 valence electrons. The third-order valence-corrected chi connectivity index (χ3v) is 8.71. The zero-order chi connectivity index (χ0) is 31.9. The number of alkyl halides is 3.